The smallest absolute Gasteiger partial charge is 0.294 e. The van der Waals surface area contributed by atoms with Gasteiger partial charge in [-0.05, 0) is 12.8 Å². The summed E-state index contributed by atoms with van der Waals surface area (Å²) >= 11 is 0. The summed E-state index contributed by atoms with van der Waals surface area (Å²) in [6.45, 7) is 5.41. The van der Waals surface area contributed by atoms with Gasteiger partial charge in [0.1, 0.15) is 6.10 Å². The van der Waals surface area contributed by atoms with Gasteiger partial charge in [-0.25, -0.2) is 0 Å². The Morgan fingerprint density at radius 2 is 1.89 bits per heavy atom. The van der Waals surface area contributed by atoms with Gasteiger partial charge >= 0.3 is 0 Å². The van der Waals surface area contributed by atoms with Crippen molar-refractivity contribution in [3.63, 3.8) is 0 Å². The van der Waals surface area contributed by atoms with E-state index in [4.69, 9.17) is 0 Å². The Hall–Kier alpha value is -0.800. The van der Waals surface area contributed by atoms with Gasteiger partial charge in [0.25, 0.3) is 5.09 Å². The molecule has 0 fully saturated rings. The van der Waals surface area contributed by atoms with Crippen molar-refractivity contribution in [3.05, 3.63) is 10.1 Å². The van der Waals surface area contributed by atoms with Crippen LogP contribution in [0.3, 0.4) is 0 Å². The molecule has 0 aliphatic carbocycles. The summed E-state index contributed by atoms with van der Waals surface area (Å²) in [4.78, 5) is 13.9. The zero-order valence-electron chi connectivity index (χ0n) is 5.83. The molecule has 0 aliphatic rings. The molecule has 4 nitrogen and oxygen atoms in total. The summed E-state index contributed by atoms with van der Waals surface area (Å²) in [5.74, 6) is 0.190. The largest absolute Gasteiger partial charge is 0.311 e. The fourth-order valence-electron chi connectivity index (χ4n) is 0.257. The predicted octanol–water partition coefficient (Wildman–Crippen LogP) is 1.24. The van der Waals surface area contributed by atoms with Crippen LogP contribution in [-0.2, 0) is 4.84 Å². The van der Waals surface area contributed by atoms with Crippen LogP contribution in [0.25, 0.3) is 0 Å². The van der Waals surface area contributed by atoms with Gasteiger partial charge in [0.2, 0.25) is 0 Å². The summed E-state index contributed by atoms with van der Waals surface area (Å²) in [6.07, 6.45) is -0.306. The highest BCUT2D eigenvalue weighted by molar-refractivity contribution is 4.50. The Balaban J connectivity index is 3.50. The molecule has 0 aliphatic heterocycles. The quantitative estimate of drug-likeness (QED) is 0.430. The highest BCUT2D eigenvalue weighted by Crippen LogP contribution is 2.03. The van der Waals surface area contributed by atoms with E-state index in [0.29, 0.717) is 0 Å². The average molecular weight is 133 g/mol. The van der Waals surface area contributed by atoms with Crippen LogP contribution < -0.4 is 0 Å². The second-order valence-corrected chi connectivity index (χ2v) is 2.28. The van der Waals surface area contributed by atoms with Crippen molar-refractivity contribution in [2.45, 2.75) is 26.9 Å². The molecule has 0 spiro atoms. The molecule has 0 N–H and O–H groups in total. The second-order valence-electron chi connectivity index (χ2n) is 2.28. The molecule has 54 valence electrons. The zero-order chi connectivity index (χ0) is 7.44. The zero-order valence-corrected chi connectivity index (χ0v) is 5.83. The van der Waals surface area contributed by atoms with E-state index in [1.54, 1.807) is 6.92 Å². The molecular weight excluding hydrogens is 122 g/mol. The molecule has 4 heteroatoms. The molecule has 0 radical (unpaired) electrons. The van der Waals surface area contributed by atoms with E-state index < -0.39 is 5.09 Å². The van der Waals surface area contributed by atoms with Crippen LogP contribution >= 0.6 is 0 Å². The van der Waals surface area contributed by atoms with Crippen LogP contribution in [0.15, 0.2) is 0 Å². The minimum absolute atomic E-state index is 0.190. The summed E-state index contributed by atoms with van der Waals surface area (Å²) < 4.78 is 0. The number of rotatable bonds is 3. The van der Waals surface area contributed by atoms with Gasteiger partial charge in [-0.2, -0.15) is 0 Å². The first-order valence-corrected chi connectivity index (χ1v) is 2.85. The first-order chi connectivity index (χ1) is 4.04. The van der Waals surface area contributed by atoms with Crippen molar-refractivity contribution in [1.82, 2.24) is 0 Å². The maximum atomic E-state index is 9.70. The van der Waals surface area contributed by atoms with E-state index >= 15 is 0 Å². The second kappa shape index (κ2) is 3.27. The molecule has 0 aromatic heterocycles. The lowest BCUT2D eigenvalue weighted by Crippen LogP contribution is -2.18. The third kappa shape index (κ3) is 3.76. The topological polar surface area (TPSA) is 52.4 Å². The minimum Gasteiger partial charge on any atom is -0.311 e. The van der Waals surface area contributed by atoms with E-state index in [-0.39, 0.29) is 12.0 Å². The van der Waals surface area contributed by atoms with Crippen LogP contribution in [0.1, 0.15) is 20.8 Å². The van der Waals surface area contributed by atoms with E-state index in [1.165, 1.54) is 0 Å². The summed E-state index contributed by atoms with van der Waals surface area (Å²) in [5, 5.41) is 8.94. The molecule has 0 aromatic rings. The molecular formula is C5H11NO3. The Morgan fingerprint density at radius 1 is 1.44 bits per heavy atom. The fraction of sp³-hybridized carbons (Fsp3) is 1.00. The molecule has 9 heavy (non-hydrogen) atoms. The SMILES string of the molecule is CC(C)C(C)O[N+](=O)[O-]. The lowest BCUT2D eigenvalue weighted by molar-refractivity contribution is -0.769. The first kappa shape index (κ1) is 8.20. The van der Waals surface area contributed by atoms with Gasteiger partial charge < -0.3 is 4.84 Å². The lowest BCUT2D eigenvalue weighted by Gasteiger charge is -2.11. The van der Waals surface area contributed by atoms with Gasteiger partial charge in [-0.3, -0.25) is 0 Å². The molecule has 0 amide bonds. The molecule has 0 aromatic carbocycles. The predicted molar refractivity (Wildman–Crippen MR) is 32.4 cm³/mol. The van der Waals surface area contributed by atoms with Crippen LogP contribution in [-0.4, -0.2) is 11.2 Å². The molecule has 1 atom stereocenters. The summed E-state index contributed by atoms with van der Waals surface area (Å²) in [7, 11) is 0. The summed E-state index contributed by atoms with van der Waals surface area (Å²) in [5.41, 5.74) is 0. The Labute approximate surface area is 53.9 Å². The van der Waals surface area contributed by atoms with Crippen LogP contribution in [0.5, 0.6) is 0 Å². The molecule has 0 bridgehead atoms. The van der Waals surface area contributed by atoms with Gasteiger partial charge in [-0.1, -0.05) is 13.8 Å². The molecule has 0 rings (SSSR count). The van der Waals surface area contributed by atoms with Crippen molar-refractivity contribution in [2.24, 2.45) is 5.92 Å². The van der Waals surface area contributed by atoms with Gasteiger partial charge in [0.05, 0.1) is 0 Å². The van der Waals surface area contributed by atoms with Crippen molar-refractivity contribution < 1.29 is 9.92 Å². The van der Waals surface area contributed by atoms with E-state index in [9.17, 15) is 10.1 Å². The number of nitrogens with zero attached hydrogens (tertiary/aromatic N) is 1. The van der Waals surface area contributed by atoms with Gasteiger partial charge in [-0.15, -0.1) is 10.1 Å². The van der Waals surface area contributed by atoms with Crippen LogP contribution in [0.4, 0.5) is 0 Å². The standard InChI is InChI=1S/C5H11NO3/c1-4(2)5(3)9-6(7)8/h4-5H,1-3H3. The first-order valence-electron chi connectivity index (χ1n) is 2.85. The Bertz CT molecular complexity index is 102. The number of hydrogen-bond acceptors (Lipinski definition) is 3. The fourth-order valence-corrected chi connectivity index (χ4v) is 0.257. The number of hydrogen-bond donors (Lipinski definition) is 0. The van der Waals surface area contributed by atoms with Crippen molar-refractivity contribution in [2.75, 3.05) is 0 Å². The van der Waals surface area contributed by atoms with Crippen LogP contribution in [0, 0.1) is 16.0 Å². The highest BCUT2D eigenvalue weighted by Gasteiger charge is 2.09. The Morgan fingerprint density at radius 3 is 2.00 bits per heavy atom. The molecule has 0 heterocycles. The normalized spacial score (nSPS) is 13.3. The monoisotopic (exact) mass is 133 g/mol. The maximum Gasteiger partial charge on any atom is 0.294 e. The van der Waals surface area contributed by atoms with Crippen molar-refractivity contribution >= 4 is 0 Å². The van der Waals surface area contributed by atoms with Crippen molar-refractivity contribution in [1.29, 1.82) is 0 Å². The highest BCUT2D eigenvalue weighted by atomic mass is 17.0. The van der Waals surface area contributed by atoms with Gasteiger partial charge in [0, 0.05) is 0 Å². The Kier molecular flexibility index (Phi) is 2.98. The van der Waals surface area contributed by atoms with Gasteiger partial charge in [0.15, 0.2) is 0 Å². The third-order valence-corrected chi connectivity index (χ3v) is 1.19. The minimum atomic E-state index is -0.759. The average Bonchev–Trinajstić information content (AvgIpc) is 1.63. The van der Waals surface area contributed by atoms with Crippen molar-refractivity contribution in [3.8, 4) is 0 Å². The third-order valence-electron chi connectivity index (χ3n) is 1.19. The maximum absolute atomic E-state index is 9.70. The molecule has 1 unspecified atom stereocenters. The van der Waals surface area contributed by atoms with E-state index in [0.717, 1.165) is 0 Å². The molecule has 0 saturated heterocycles. The van der Waals surface area contributed by atoms with E-state index in [1.807, 2.05) is 13.8 Å². The summed E-state index contributed by atoms with van der Waals surface area (Å²) in [6, 6.07) is 0. The van der Waals surface area contributed by atoms with Crippen LogP contribution in [0.2, 0.25) is 0 Å². The van der Waals surface area contributed by atoms with E-state index in [2.05, 4.69) is 4.84 Å². The lowest BCUT2D eigenvalue weighted by atomic mass is 10.1. The molecule has 0 saturated carbocycles.